The lowest BCUT2D eigenvalue weighted by Gasteiger charge is -2.26. The molecule has 0 aliphatic carbocycles. The number of aryl methyl sites for hydroxylation is 2. The van der Waals surface area contributed by atoms with Crippen molar-refractivity contribution in [3.63, 3.8) is 0 Å². The van der Waals surface area contributed by atoms with E-state index in [4.69, 9.17) is 0 Å². The minimum absolute atomic E-state index is 0.136. The van der Waals surface area contributed by atoms with E-state index in [9.17, 15) is 17.6 Å². The Morgan fingerprint density at radius 1 is 1.12 bits per heavy atom. The molecule has 2 heterocycles. The number of piperidine rings is 1. The average molecular weight is 471 g/mol. The Kier molecular flexibility index (Phi) is 6.62. The fraction of sp³-hybridized carbons (Fsp3) is 0.333. The Labute approximate surface area is 193 Å². The molecule has 4 rings (SSSR count). The number of nitrogens with zero attached hydrogens (tertiary/aromatic N) is 3. The second-order valence-corrected chi connectivity index (χ2v) is 10.2. The van der Waals surface area contributed by atoms with Crippen LogP contribution in [0.5, 0.6) is 0 Å². The van der Waals surface area contributed by atoms with Crippen LogP contribution in [0.4, 0.5) is 4.39 Å². The van der Waals surface area contributed by atoms with Crippen LogP contribution in [-0.4, -0.2) is 41.3 Å². The van der Waals surface area contributed by atoms with Crippen LogP contribution >= 0.6 is 0 Å². The van der Waals surface area contributed by atoms with Crippen molar-refractivity contribution in [3.8, 4) is 0 Å². The number of imidazole rings is 1. The highest BCUT2D eigenvalue weighted by Crippen LogP contribution is 2.26. The summed E-state index contributed by atoms with van der Waals surface area (Å²) in [5.41, 5.74) is 1.33. The van der Waals surface area contributed by atoms with Gasteiger partial charge in [0.2, 0.25) is 10.0 Å². The Balaban J connectivity index is 1.67. The van der Waals surface area contributed by atoms with Gasteiger partial charge in [0, 0.05) is 38.1 Å². The molecule has 1 fully saturated rings. The molecule has 1 aliphatic rings. The number of aromatic nitrogens is 2. The van der Waals surface area contributed by atoms with E-state index < -0.39 is 27.8 Å². The number of hydrogen-bond acceptors (Lipinski definition) is 4. The molecule has 0 saturated carbocycles. The van der Waals surface area contributed by atoms with Gasteiger partial charge < -0.3 is 9.88 Å². The van der Waals surface area contributed by atoms with Gasteiger partial charge in [-0.2, -0.15) is 4.31 Å². The van der Waals surface area contributed by atoms with Gasteiger partial charge in [0.1, 0.15) is 17.7 Å². The monoisotopic (exact) mass is 470 g/mol. The quantitative estimate of drug-likeness (QED) is 0.597. The molecule has 9 heteroatoms. The summed E-state index contributed by atoms with van der Waals surface area (Å²) in [4.78, 5) is 17.7. The first-order chi connectivity index (χ1) is 15.8. The van der Waals surface area contributed by atoms with Crippen molar-refractivity contribution in [2.45, 2.75) is 37.1 Å². The largest absolute Gasteiger partial charge is 0.338 e. The maximum atomic E-state index is 13.9. The number of amides is 1. The van der Waals surface area contributed by atoms with E-state index in [1.807, 2.05) is 0 Å². The lowest BCUT2D eigenvalue weighted by atomic mass is 10.0. The number of carbonyl (C=O) groups is 1. The molecule has 0 bridgehead atoms. The van der Waals surface area contributed by atoms with Crippen LogP contribution in [0.25, 0.3) is 0 Å². The maximum absolute atomic E-state index is 13.9. The van der Waals surface area contributed by atoms with Gasteiger partial charge in [0.25, 0.3) is 5.91 Å². The smallest absolute Gasteiger partial charge is 0.252 e. The summed E-state index contributed by atoms with van der Waals surface area (Å²) in [5, 5.41) is 2.90. The molecule has 0 unspecified atom stereocenters. The van der Waals surface area contributed by atoms with Gasteiger partial charge in [-0.1, -0.05) is 24.6 Å². The number of carbonyl (C=O) groups excluding carboxylic acids is 1. The molecule has 1 N–H and O–H groups in total. The first-order valence-electron chi connectivity index (χ1n) is 10.9. The van der Waals surface area contributed by atoms with E-state index in [1.165, 1.54) is 22.5 Å². The number of hydrogen-bond donors (Lipinski definition) is 1. The zero-order valence-corrected chi connectivity index (χ0v) is 19.5. The van der Waals surface area contributed by atoms with Gasteiger partial charge in [0.15, 0.2) is 0 Å². The lowest BCUT2D eigenvalue weighted by molar-refractivity contribution is 0.0941. The summed E-state index contributed by atoms with van der Waals surface area (Å²) in [6.45, 7) is 2.69. The summed E-state index contributed by atoms with van der Waals surface area (Å²) >= 11 is 0. The van der Waals surface area contributed by atoms with Gasteiger partial charge in [-0.3, -0.25) is 4.79 Å². The zero-order chi connectivity index (χ0) is 23.6. The predicted octanol–water partition coefficient (Wildman–Crippen LogP) is 3.56. The molecule has 0 radical (unpaired) electrons. The van der Waals surface area contributed by atoms with Crippen LogP contribution in [0.1, 0.15) is 52.6 Å². The first kappa shape index (κ1) is 23.1. The van der Waals surface area contributed by atoms with Crippen molar-refractivity contribution < 1.29 is 17.6 Å². The molecule has 33 heavy (non-hydrogen) atoms. The van der Waals surface area contributed by atoms with Gasteiger partial charge in [-0.05, 0) is 55.2 Å². The molecule has 2 aromatic carbocycles. The van der Waals surface area contributed by atoms with E-state index in [-0.39, 0.29) is 10.5 Å². The Bertz CT molecular complexity index is 1270. The topological polar surface area (TPSA) is 84.3 Å². The van der Waals surface area contributed by atoms with Crippen LogP contribution < -0.4 is 5.32 Å². The van der Waals surface area contributed by atoms with Crippen molar-refractivity contribution in [2.24, 2.45) is 7.05 Å². The third kappa shape index (κ3) is 4.84. The fourth-order valence-corrected chi connectivity index (χ4v) is 5.88. The molecule has 7 nitrogen and oxygen atoms in total. The number of rotatable bonds is 6. The predicted molar refractivity (Wildman–Crippen MR) is 123 cm³/mol. The van der Waals surface area contributed by atoms with Crippen molar-refractivity contribution in [1.82, 2.24) is 19.2 Å². The molecule has 1 saturated heterocycles. The van der Waals surface area contributed by atoms with Gasteiger partial charge >= 0.3 is 0 Å². The molecule has 174 valence electrons. The Morgan fingerprint density at radius 3 is 2.55 bits per heavy atom. The summed E-state index contributed by atoms with van der Waals surface area (Å²) < 4.78 is 43.6. The molecule has 3 aromatic rings. The standard InChI is InChI=1S/C24H27FN4O3S/c1-17-9-10-19(16-21(17)33(31,32)29-12-4-3-5-13-29)24(30)27-22(23-26-11-14-28(23)2)18-7-6-8-20(25)15-18/h6-11,14-16,22H,3-5,12-13H2,1-2H3,(H,27,30)/t22-/m1/s1. The Hall–Kier alpha value is -3.04. The number of benzene rings is 2. The van der Waals surface area contributed by atoms with E-state index in [2.05, 4.69) is 10.3 Å². The second kappa shape index (κ2) is 9.44. The average Bonchev–Trinajstić information content (AvgIpc) is 3.23. The number of nitrogens with one attached hydrogen (secondary N) is 1. The van der Waals surface area contributed by atoms with Crippen LogP contribution in [0, 0.1) is 12.7 Å². The first-order valence-corrected chi connectivity index (χ1v) is 12.4. The van der Waals surface area contributed by atoms with Crippen molar-refractivity contribution in [1.29, 1.82) is 0 Å². The van der Waals surface area contributed by atoms with E-state index in [1.54, 1.807) is 55.2 Å². The summed E-state index contributed by atoms with van der Waals surface area (Å²) in [6.07, 6.45) is 6.02. The molecular formula is C24H27FN4O3S. The Morgan fingerprint density at radius 2 is 1.88 bits per heavy atom. The highest BCUT2D eigenvalue weighted by molar-refractivity contribution is 7.89. The van der Waals surface area contributed by atoms with Crippen LogP contribution in [0.15, 0.2) is 59.8 Å². The molecule has 1 atom stereocenters. The SMILES string of the molecule is Cc1ccc(C(=O)N[C@H](c2cccc(F)c2)c2nccn2C)cc1S(=O)(=O)N1CCCCC1. The highest BCUT2D eigenvalue weighted by Gasteiger charge is 2.29. The highest BCUT2D eigenvalue weighted by atomic mass is 32.2. The number of halogens is 1. The molecule has 1 amide bonds. The van der Waals surface area contributed by atoms with Gasteiger partial charge in [-0.15, -0.1) is 0 Å². The summed E-state index contributed by atoms with van der Waals surface area (Å²) in [7, 11) is -1.91. The third-order valence-corrected chi connectivity index (χ3v) is 8.00. The molecule has 1 aliphatic heterocycles. The second-order valence-electron chi connectivity index (χ2n) is 8.30. The summed E-state index contributed by atoms with van der Waals surface area (Å²) in [6, 6.07) is 9.92. The van der Waals surface area contributed by atoms with E-state index >= 15 is 0 Å². The van der Waals surface area contributed by atoms with Gasteiger partial charge in [0.05, 0.1) is 4.90 Å². The lowest BCUT2D eigenvalue weighted by Crippen LogP contribution is -2.36. The van der Waals surface area contributed by atoms with E-state index in [0.29, 0.717) is 30.0 Å². The zero-order valence-electron chi connectivity index (χ0n) is 18.7. The molecular weight excluding hydrogens is 443 g/mol. The van der Waals surface area contributed by atoms with E-state index in [0.717, 1.165) is 19.3 Å². The number of sulfonamides is 1. The van der Waals surface area contributed by atoms with Gasteiger partial charge in [-0.25, -0.2) is 17.8 Å². The fourth-order valence-electron chi connectivity index (χ4n) is 4.12. The maximum Gasteiger partial charge on any atom is 0.252 e. The minimum atomic E-state index is -3.70. The van der Waals surface area contributed by atoms with Crippen molar-refractivity contribution in [2.75, 3.05) is 13.1 Å². The van der Waals surface area contributed by atoms with Crippen LogP contribution in [0.3, 0.4) is 0 Å². The minimum Gasteiger partial charge on any atom is -0.338 e. The van der Waals surface area contributed by atoms with Crippen molar-refractivity contribution in [3.05, 3.63) is 83.2 Å². The van der Waals surface area contributed by atoms with Crippen LogP contribution in [0.2, 0.25) is 0 Å². The summed E-state index contributed by atoms with van der Waals surface area (Å²) in [5.74, 6) is -0.365. The molecule has 1 aromatic heterocycles. The van der Waals surface area contributed by atoms with Crippen molar-refractivity contribution >= 4 is 15.9 Å². The molecule has 0 spiro atoms. The van der Waals surface area contributed by atoms with Crippen LogP contribution in [-0.2, 0) is 17.1 Å². The third-order valence-electron chi connectivity index (χ3n) is 5.96. The normalized spacial score (nSPS) is 15.8.